The SMILES string of the molecule is CC[NH+]1CCC([NH2+]C[C@@H](O)COCc2ccc(Cl)cc2)CC1. The van der Waals surface area contributed by atoms with Crippen molar-refractivity contribution in [3.8, 4) is 0 Å². The molecule has 1 aromatic carbocycles. The zero-order chi connectivity index (χ0) is 15.8. The van der Waals surface area contributed by atoms with Gasteiger partial charge in [-0.15, -0.1) is 0 Å². The van der Waals surface area contributed by atoms with Gasteiger partial charge in [-0.3, -0.25) is 0 Å². The number of likely N-dealkylation sites (tertiary alicyclic amines) is 1. The van der Waals surface area contributed by atoms with Gasteiger partial charge in [0.15, 0.2) is 0 Å². The molecule has 4 nitrogen and oxygen atoms in total. The summed E-state index contributed by atoms with van der Waals surface area (Å²) < 4.78 is 5.58. The Hall–Kier alpha value is -0.650. The van der Waals surface area contributed by atoms with Crippen molar-refractivity contribution in [1.29, 1.82) is 0 Å². The Bertz CT molecular complexity index is 419. The van der Waals surface area contributed by atoms with Gasteiger partial charge in [-0.05, 0) is 24.6 Å². The van der Waals surface area contributed by atoms with E-state index in [1.54, 1.807) is 4.90 Å². The van der Waals surface area contributed by atoms with Gasteiger partial charge in [0.1, 0.15) is 12.6 Å². The molecule has 0 aliphatic carbocycles. The molecule has 1 atom stereocenters. The molecular formula is C17H29ClN2O2+2. The lowest BCUT2D eigenvalue weighted by atomic mass is 10.1. The first-order valence-corrected chi connectivity index (χ1v) is 8.72. The van der Waals surface area contributed by atoms with Crippen molar-refractivity contribution >= 4 is 11.6 Å². The second-order valence-electron chi connectivity index (χ2n) is 6.21. The maximum absolute atomic E-state index is 10.0. The molecule has 0 saturated carbocycles. The lowest BCUT2D eigenvalue weighted by Crippen LogP contribution is -3.14. The van der Waals surface area contributed by atoms with E-state index in [-0.39, 0.29) is 0 Å². The van der Waals surface area contributed by atoms with Crippen LogP contribution < -0.4 is 10.2 Å². The van der Waals surface area contributed by atoms with Crippen LogP contribution >= 0.6 is 11.6 Å². The number of benzene rings is 1. The number of nitrogens with two attached hydrogens (primary N) is 1. The van der Waals surface area contributed by atoms with E-state index >= 15 is 0 Å². The Kier molecular flexibility index (Phi) is 7.63. The Morgan fingerprint density at radius 2 is 2.00 bits per heavy atom. The second kappa shape index (κ2) is 9.48. The average Bonchev–Trinajstić information content (AvgIpc) is 2.55. The van der Waals surface area contributed by atoms with Gasteiger partial charge >= 0.3 is 0 Å². The lowest BCUT2D eigenvalue weighted by molar-refractivity contribution is -0.911. The molecule has 5 heteroatoms. The predicted molar refractivity (Wildman–Crippen MR) is 88.2 cm³/mol. The number of rotatable bonds is 8. The van der Waals surface area contributed by atoms with Gasteiger partial charge in [-0.25, -0.2) is 0 Å². The summed E-state index contributed by atoms with van der Waals surface area (Å²) in [6.07, 6.45) is 2.10. The van der Waals surface area contributed by atoms with E-state index in [9.17, 15) is 5.11 Å². The molecule has 124 valence electrons. The molecule has 1 aliphatic heterocycles. The normalized spacial score (nSPS) is 23.4. The third-order valence-electron chi connectivity index (χ3n) is 4.47. The van der Waals surface area contributed by atoms with Crippen molar-refractivity contribution < 1.29 is 20.1 Å². The smallest absolute Gasteiger partial charge is 0.126 e. The highest BCUT2D eigenvalue weighted by molar-refractivity contribution is 6.30. The molecule has 22 heavy (non-hydrogen) atoms. The highest BCUT2D eigenvalue weighted by Crippen LogP contribution is 2.10. The van der Waals surface area contributed by atoms with Crippen LogP contribution in [0.5, 0.6) is 0 Å². The maximum Gasteiger partial charge on any atom is 0.126 e. The molecule has 0 amide bonds. The van der Waals surface area contributed by atoms with Crippen LogP contribution in [-0.2, 0) is 11.3 Å². The first kappa shape index (κ1) is 17.7. The van der Waals surface area contributed by atoms with E-state index < -0.39 is 6.10 Å². The third kappa shape index (κ3) is 6.23. The molecule has 0 radical (unpaired) electrons. The summed E-state index contributed by atoms with van der Waals surface area (Å²) in [6, 6.07) is 8.28. The van der Waals surface area contributed by atoms with Gasteiger partial charge in [-0.2, -0.15) is 0 Å². The lowest BCUT2D eigenvalue weighted by Gasteiger charge is -2.27. The summed E-state index contributed by atoms with van der Waals surface area (Å²) in [5.74, 6) is 0. The fraction of sp³-hybridized carbons (Fsp3) is 0.647. The summed E-state index contributed by atoms with van der Waals surface area (Å²) in [7, 11) is 0. The minimum atomic E-state index is -0.399. The predicted octanol–water partition coefficient (Wildman–Crippen LogP) is -0.152. The number of hydrogen-bond donors (Lipinski definition) is 3. The van der Waals surface area contributed by atoms with Crippen molar-refractivity contribution in [2.24, 2.45) is 0 Å². The minimum Gasteiger partial charge on any atom is -0.385 e. The summed E-state index contributed by atoms with van der Waals surface area (Å²) >= 11 is 5.84. The number of hydrogen-bond acceptors (Lipinski definition) is 2. The number of piperidine rings is 1. The van der Waals surface area contributed by atoms with Crippen LogP contribution in [0.15, 0.2) is 24.3 Å². The van der Waals surface area contributed by atoms with Crippen LogP contribution in [0, 0.1) is 0 Å². The van der Waals surface area contributed by atoms with Crippen molar-refractivity contribution in [3.05, 3.63) is 34.9 Å². The van der Waals surface area contributed by atoms with E-state index in [1.807, 2.05) is 24.3 Å². The van der Waals surface area contributed by atoms with Crippen LogP contribution in [0.3, 0.4) is 0 Å². The third-order valence-corrected chi connectivity index (χ3v) is 4.72. The van der Waals surface area contributed by atoms with Crippen molar-refractivity contribution in [2.75, 3.05) is 32.8 Å². The zero-order valence-corrected chi connectivity index (χ0v) is 14.2. The number of nitrogens with one attached hydrogen (secondary N) is 1. The second-order valence-corrected chi connectivity index (χ2v) is 6.64. The number of aliphatic hydroxyl groups is 1. The molecule has 0 unspecified atom stereocenters. The zero-order valence-electron chi connectivity index (χ0n) is 13.4. The highest BCUT2D eigenvalue weighted by atomic mass is 35.5. The number of aliphatic hydroxyl groups excluding tert-OH is 1. The van der Waals surface area contributed by atoms with Gasteiger partial charge in [0.25, 0.3) is 0 Å². The summed E-state index contributed by atoms with van der Waals surface area (Å²) in [6.45, 7) is 7.65. The molecule has 2 rings (SSSR count). The standard InChI is InChI=1S/C17H27ClN2O2/c1-2-20-9-7-16(8-10-20)19-11-17(21)13-22-12-14-3-5-15(18)6-4-14/h3-6,16-17,19,21H,2,7-13H2,1H3/p+2/t17-/m1/s1. The van der Waals surface area contributed by atoms with Crippen molar-refractivity contribution in [2.45, 2.75) is 38.5 Å². The minimum absolute atomic E-state index is 0.387. The number of halogens is 1. The number of quaternary nitrogens is 2. The quantitative estimate of drug-likeness (QED) is 0.621. The molecule has 1 heterocycles. The Balaban J connectivity index is 1.56. The van der Waals surface area contributed by atoms with Crippen LogP contribution in [0.25, 0.3) is 0 Å². The average molecular weight is 329 g/mol. The molecule has 1 fully saturated rings. The summed E-state index contributed by atoms with van der Waals surface area (Å²) in [5, 5.41) is 13.0. The van der Waals surface area contributed by atoms with E-state index in [4.69, 9.17) is 16.3 Å². The summed E-state index contributed by atoms with van der Waals surface area (Å²) in [5.41, 5.74) is 1.08. The Labute approximate surface area is 138 Å². The van der Waals surface area contributed by atoms with Gasteiger partial charge in [0, 0.05) is 17.9 Å². The van der Waals surface area contributed by atoms with Crippen molar-refractivity contribution in [3.63, 3.8) is 0 Å². The monoisotopic (exact) mass is 328 g/mol. The van der Waals surface area contributed by atoms with Gasteiger partial charge in [0.2, 0.25) is 0 Å². The largest absolute Gasteiger partial charge is 0.385 e. The molecule has 0 spiro atoms. The van der Waals surface area contributed by atoms with E-state index in [0.29, 0.717) is 19.3 Å². The Morgan fingerprint density at radius 3 is 2.64 bits per heavy atom. The Morgan fingerprint density at radius 1 is 1.32 bits per heavy atom. The van der Waals surface area contributed by atoms with E-state index in [1.165, 1.54) is 32.5 Å². The van der Waals surface area contributed by atoms with Crippen LogP contribution in [0.4, 0.5) is 0 Å². The topological polar surface area (TPSA) is 50.5 Å². The molecule has 0 aromatic heterocycles. The van der Waals surface area contributed by atoms with Gasteiger partial charge < -0.3 is 20.1 Å². The first-order chi connectivity index (χ1) is 10.7. The molecular weight excluding hydrogens is 300 g/mol. The molecule has 4 N–H and O–H groups in total. The number of ether oxygens (including phenoxy) is 1. The van der Waals surface area contributed by atoms with Crippen molar-refractivity contribution in [1.82, 2.24) is 0 Å². The summed E-state index contributed by atoms with van der Waals surface area (Å²) in [4.78, 5) is 1.71. The highest BCUT2D eigenvalue weighted by Gasteiger charge is 2.23. The fourth-order valence-electron chi connectivity index (χ4n) is 2.95. The molecule has 1 aliphatic rings. The molecule has 1 aromatic rings. The van der Waals surface area contributed by atoms with Gasteiger partial charge in [-0.1, -0.05) is 23.7 Å². The fourth-order valence-corrected chi connectivity index (χ4v) is 3.07. The molecule has 0 bridgehead atoms. The van der Waals surface area contributed by atoms with Gasteiger partial charge in [0.05, 0.1) is 38.9 Å². The first-order valence-electron chi connectivity index (χ1n) is 8.34. The van der Waals surface area contributed by atoms with Crippen LogP contribution in [-0.4, -0.2) is 50.0 Å². The van der Waals surface area contributed by atoms with Crippen LogP contribution in [0.1, 0.15) is 25.3 Å². The van der Waals surface area contributed by atoms with Crippen LogP contribution in [0.2, 0.25) is 5.02 Å². The van der Waals surface area contributed by atoms with E-state index in [2.05, 4.69) is 12.2 Å². The maximum atomic E-state index is 10.0. The molecule has 1 saturated heterocycles. The van der Waals surface area contributed by atoms with E-state index in [0.717, 1.165) is 17.1 Å².